The molecule has 0 atom stereocenters. The van der Waals surface area contributed by atoms with Crippen LogP contribution in [0.3, 0.4) is 0 Å². The molecule has 0 aliphatic heterocycles. The summed E-state index contributed by atoms with van der Waals surface area (Å²) in [4.78, 5) is 37.0. The third-order valence-corrected chi connectivity index (χ3v) is 3.77. The monoisotopic (exact) mass is 312 g/mol. The molecule has 1 aliphatic carbocycles. The SMILES string of the molecule is COc1cc(C(=O)O)c(OC)c2c1C(=O)c1ccccc1C2=O. The van der Waals surface area contributed by atoms with Gasteiger partial charge in [0.15, 0.2) is 11.6 Å². The molecule has 0 radical (unpaired) electrons. The first-order valence-corrected chi connectivity index (χ1v) is 6.72. The molecule has 23 heavy (non-hydrogen) atoms. The Morgan fingerprint density at radius 3 is 2.00 bits per heavy atom. The second-order valence-corrected chi connectivity index (χ2v) is 4.92. The summed E-state index contributed by atoms with van der Waals surface area (Å²) in [5.41, 5.74) is 0.191. The molecule has 0 saturated carbocycles. The lowest BCUT2D eigenvalue weighted by Crippen LogP contribution is -2.23. The Kier molecular flexibility index (Phi) is 3.37. The number of hydrogen-bond acceptors (Lipinski definition) is 5. The molecule has 0 saturated heterocycles. The number of aromatic carboxylic acids is 1. The summed E-state index contributed by atoms with van der Waals surface area (Å²) in [6, 6.07) is 7.57. The summed E-state index contributed by atoms with van der Waals surface area (Å²) in [5, 5.41) is 9.33. The number of benzene rings is 2. The molecule has 0 heterocycles. The van der Waals surface area contributed by atoms with Gasteiger partial charge in [-0.15, -0.1) is 0 Å². The number of fused-ring (bicyclic) bond motifs is 2. The van der Waals surface area contributed by atoms with Crippen molar-refractivity contribution in [1.82, 2.24) is 0 Å². The number of carboxylic acids is 1. The molecule has 1 aliphatic rings. The Bertz CT molecular complexity index is 866. The van der Waals surface area contributed by atoms with Crippen LogP contribution in [0, 0.1) is 0 Å². The fraction of sp³-hybridized carbons (Fsp3) is 0.118. The Balaban J connectivity index is 2.44. The van der Waals surface area contributed by atoms with Gasteiger partial charge in [0, 0.05) is 11.1 Å². The highest BCUT2D eigenvalue weighted by molar-refractivity contribution is 6.31. The van der Waals surface area contributed by atoms with Gasteiger partial charge in [0.2, 0.25) is 0 Å². The van der Waals surface area contributed by atoms with Crippen molar-refractivity contribution in [2.75, 3.05) is 14.2 Å². The minimum atomic E-state index is -1.28. The standard InChI is InChI=1S/C17H12O6/c1-22-11-7-10(17(20)21)16(23-2)13-12(11)14(18)8-5-3-4-6-9(8)15(13)19/h3-7H,1-2H3,(H,20,21). The first-order chi connectivity index (χ1) is 11.0. The molecule has 116 valence electrons. The van der Waals surface area contributed by atoms with Crippen molar-refractivity contribution < 1.29 is 29.0 Å². The lowest BCUT2D eigenvalue weighted by molar-refractivity contribution is 0.0692. The highest BCUT2D eigenvalue weighted by Crippen LogP contribution is 2.40. The molecule has 1 N–H and O–H groups in total. The molecule has 2 aromatic rings. The van der Waals surface area contributed by atoms with Crippen LogP contribution in [0.5, 0.6) is 11.5 Å². The molecule has 0 bridgehead atoms. The van der Waals surface area contributed by atoms with Crippen LogP contribution in [0.25, 0.3) is 0 Å². The first kappa shape index (κ1) is 14.8. The largest absolute Gasteiger partial charge is 0.496 e. The van der Waals surface area contributed by atoms with Gasteiger partial charge < -0.3 is 14.6 Å². The van der Waals surface area contributed by atoms with E-state index in [1.54, 1.807) is 18.2 Å². The van der Waals surface area contributed by atoms with Crippen molar-refractivity contribution in [3.05, 3.63) is 58.1 Å². The van der Waals surface area contributed by atoms with Crippen LogP contribution in [0.1, 0.15) is 42.2 Å². The predicted octanol–water partition coefficient (Wildman–Crippen LogP) is 2.18. The van der Waals surface area contributed by atoms with Crippen molar-refractivity contribution >= 4 is 17.5 Å². The number of hydrogen-bond donors (Lipinski definition) is 1. The normalized spacial score (nSPS) is 12.4. The molecular weight excluding hydrogens is 300 g/mol. The highest BCUT2D eigenvalue weighted by Gasteiger charge is 2.37. The van der Waals surface area contributed by atoms with Crippen molar-refractivity contribution in [2.24, 2.45) is 0 Å². The zero-order chi connectivity index (χ0) is 16.7. The van der Waals surface area contributed by atoms with Crippen LogP contribution in [0.2, 0.25) is 0 Å². The number of carbonyl (C=O) groups excluding carboxylic acids is 2. The van der Waals surface area contributed by atoms with E-state index in [0.29, 0.717) is 0 Å². The third kappa shape index (κ3) is 1.99. The van der Waals surface area contributed by atoms with Gasteiger partial charge in [-0.05, 0) is 6.07 Å². The average molecular weight is 312 g/mol. The fourth-order valence-corrected chi connectivity index (χ4v) is 2.76. The van der Waals surface area contributed by atoms with Crippen LogP contribution in [-0.4, -0.2) is 36.9 Å². The van der Waals surface area contributed by atoms with Crippen molar-refractivity contribution in [2.45, 2.75) is 0 Å². The number of methoxy groups -OCH3 is 2. The number of carbonyl (C=O) groups is 3. The van der Waals surface area contributed by atoms with Crippen molar-refractivity contribution in [1.29, 1.82) is 0 Å². The van der Waals surface area contributed by atoms with Crippen LogP contribution in [0.4, 0.5) is 0 Å². The Morgan fingerprint density at radius 1 is 0.957 bits per heavy atom. The maximum atomic E-state index is 12.8. The van der Waals surface area contributed by atoms with Gasteiger partial charge in [0.05, 0.1) is 25.3 Å². The van der Waals surface area contributed by atoms with Gasteiger partial charge in [-0.2, -0.15) is 0 Å². The van der Waals surface area contributed by atoms with Crippen molar-refractivity contribution in [3.8, 4) is 11.5 Å². The Hall–Kier alpha value is -3.15. The van der Waals surface area contributed by atoms with Crippen LogP contribution < -0.4 is 9.47 Å². The summed E-state index contributed by atoms with van der Waals surface area (Å²) in [6.45, 7) is 0. The predicted molar refractivity (Wildman–Crippen MR) is 79.8 cm³/mol. The lowest BCUT2D eigenvalue weighted by atomic mass is 9.82. The summed E-state index contributed by atoms with van der Waals surface area (Å²) in [7, 11) is 2.57. The minimum absolute atomic E-state index is 0.0260. The van der Waals surface area contributed by atoms with E-state index in [1.165, 1.54) is 26.4 Å². The molecular formula is C17H12O6. The minimum Gasteiger partial charge on any atom is -0.496 e. The lowest BCUT2D eigenvalue weighted by Gasteiger charge is -2.22. The van der Waals surface area contributed by atoms with Gasteiger partial charge in [0.25, 0.3) is 0 Å². The fourth-order valence-electron chi connectivity index (χ4n) is 2.76. The van der Waals surface area contributed by atoms with Gasteiger partial charge in [-0.3, -0.25) is 9.59 Å². The zero-order valence-electron chi connectivity index (χ0n) is 12.4. The number of ether oxygens (including phenoxy) is 2. The van der Waals surface area contributed by atoms with E-state index in [4.69, 9.17) is 9.47 Å². The Labute approximate surface area is 131 Å². The number of carboxylic acid groups (broad SMARTS) is 1. The quantitative estimate of drug-likeness (QED) is 0.797. The zero-order valence-corrected chi connectivity index (χ0v) is 12.4. The van der Waals surface area contributed by atoms with Gasteiger partial charge in [0.1, 0.15) is 17.1 Å². The first-order valence-electron chi connectivity index (χ1n) is 6.72. The topological polar surface area (TPSA) is 89.9 Å². The molecule has 0 amide bonds. The molecule has 2 aromatic carbocycles. The third-order valence-electron chi connectivity index (χ3n) is 3.77. The smallest absolute Gasteiger partial charge is 0.339 e. The maximum Gasteiger partial charge on any atom is 0.339 e. The molecule has 6 heteroatoms. The molecule has 0 spiro atoms. The maximum absolute atomic E-state index is 12.8. The van der Waals surface area contributed by atoms with Crippen LogP contribution >= 0.6 is 0 Å². The van der Waals surface area contributed by atoms with Crippen LogP contribution in [0.15, 0.2) is 30.3 Å². The summed E-state index contributed by atoms with van der Waals surface area (Å²) >= 11 is 0. The number of rotatable bonds is 3. The molecule has 0 aromatic heterocycles. The Morgan fingerprint density at radius 2 is 1.52 bits per heavy atom. The van der Waals surface area contributed by atoms with E-state index in [1.807, 2.05) is 0 Å². The van der Waals surface area contributed by atoms with Crippen LogP contribution in [-0.2, 0) is 0 Å². The molecule has 0 unspecified atom stereocenters. The summed E-state index contributed by atoms with van der Waals surface area (Å²) in [6.07, 6.45) is 0. The second-order valence-electron chi connectivity index (χ2n) is 4.92. The molecule has 3 rings (SSSR count). The van der Waals surface area contributed by atoms with Gasteiger partial charge >= 0.3 is 5.97 Å². The summed E-state index contributed by atoms with van der Waals surface area (Å²) < 4.78 is 10.3. The van der Waals surface area contributed by atoms with E-state index in [0.717, 1.165) is 0 Å². The molecule has 0 fully saturated rings. The number of ketones is 2. The van der Waals surface area contributed by atoms with E-state index in [2.05, 4.69) is 0 Å². The van der Waals surface area contributed by atoms with Crippen molar-refractivity contribution in [3.63, 3.8) is 0 Å². The van der Waals surface area contributed by atoms with E-state index in [-0.39, 0.29) is 39.3 Å². The summed E-state index contributed by atoms with van der Waals surface area (Å²) in [5.74, 6) is -2.25. The van der Waals surface area contributed by atoms with Gasteiger partial charge in [-0.1, -0.05) is 24.3 Å². The van der Waals surface area contributed by atoms with Gasteiger partial charge in [-0.25, -0.2) is 4.79 Å². The second kappa shape index (κ2) is 5.24. The average Bonchev–Trinajstić information content (AvgIpc) is 2.57. The van der Waals surface area contributed by atoms with E-state index in [9.17, 15) is 19.5 Å². The van der Waals surface area contributed by atoms with E-state index >= 15 is 0 Å². The molecule has 6 nitrogen and oxygen atoms in total. The highest BCUT2D eigenvalue weighted by atomic mass is 16.5. The van der Waals surface area contributed by atoms with E-state index < -0.39 is 17.5 Å².